The molecule has 0 aliphatic carbocycles. The highest BCUT2D eigenvalue weighted by Gasteiger charge is 2.35. The molecule has 156 valence electrons. The van der Waals surface area contributed by atoms with Crippen LogP contribution in [0.3, 0.4) is 0 Å². The zero-order valence-electron chi connectivity index (χ0n) is 17.3. The maximum absolute atomic E-state index is 13.5. The van der Waals surface area contributed by atoms with Crippen molar-refractivity contribution in [1.29, 1.82) is 0 Å². The first kappa shape index (κ1) is 21.6. The quantitative estimate of drug-likeness (QED) is 0.598. The van der Waals surface area contributed by atoms with Gasteiger partial charge in [0.05, 0.1) is 0 Å². The van der Waals surface area contributed by atoms with Gasteiger partial charge < -0.3 is 10.2 Å². The van der Waals surface area contributed by atoms with Crippen LogP contribution in [0.15, 0.2) is 60.2 Å². The van der Waals surface area contributed by atoms with Crippen LogP contribution in [-0.2, 0) is 11.3 Å². The standard InChI is InChI=1S/C22H25N5O2S/c1-4-22(2,3)24-20(28)19(17-11-8-12-23-13-17)27(14-16-9-6-5-7-10-16)21(29)18-15-30-26-25-18/h5-13,15,19H,4,14H2,1-3H3,(H,24,28)/t19-/m1/s1. The second-order valence-corrected chi connectivity index (χ2v) is 8.23. The third-order valence-corrected chi connectivity index (χ3v) is 5.45. The van der Waals surface area contributed by atoms with E-state index in [0.717, 1.165) is 23.5 Å². The van der Waals surface area contributed by atoms with Gasteiger partial charge in [-0.15, -0.1) is 5.10 Å². The fourth-order valence-corrected chi connectivity index (χ4v) is 3.40. The molecular weight excluding hydrogens is 398 g/mol. The molecule has 0 fully saturated rings. The Morgan fingerprint density at radius 3 is 2.53 bits per heavy atom. The minimum atomic E-state index is -0.862. The summed E-state index contributed by atoms with van der Waals surface area (Å²) in [6.45, 7) is 6.17. The Bertz CT molecular complexity index is 962. The summed E-state index contributed by atoms with van der Waals surface area (Å²) < 4.78 is 3.81. The molecule has 0 bridgehead atoms. The number of amides is 2. The molecule has 8 heteroatoms. The highest BCUT2D eigenvalue weighted by molar-refractivity contribution is 7.03. The van der Waals surface area contributed by atoms with Crippen molar-refractivity contribution in [2.75, 3.05) is 0 Å². The number of aromatic nitrogens is 3. The summed E-state index contributed by atoms with van der Waals surface area (Å²) in [5, 5.41) is 8.60. The van der Waals surface area contributed by atoms with Gasteiger partial charge in [-0.05, 0) is 43.4 Å². The lowest BCUT2D eigenvalue weighted by molar-refractivity contribution is -0.127. The van der Waals surface area contributed by atoms with E-state index in [1.807, 2.05) is 51.1 Å². The topological polar surface area (TPSA) is 88.1 Å². The Balaban J connectivity index is 2.05. The molecule has 1 aromatic carbocycles. The zero-order chi connectivity index (χ0) is 21.6. The average Bonchev–Trinajstić information content (AvgIpc) is 3.29. The van der Waals surface area contributed by atoms with Gasteiger partial charge >= 0.3 is 0 Å². The number of pyridine rings is 1. The molecule has 2 heterocycles. The highest BCUT2D eigenvalue weighted by Crippen LogP contribution is 2.26. The zero-order valence-corrected chi connectivity index (χ0v) is 18.1. The van der Waals surface area contributed by atoms with Gasteiger partial charge in [-0.2, -0.15) is 0 Å². The minimum Gasteiger partial charge on any atom is -0.349 e. The van der Waals surface area contributed by atoms with Gasteiger partial charge in [0.1, 0.15) is 6.04 Å². The second kappa shape index (κ2) is 9.58. The number of carbonyl (C=O) groups excluding carboxylic acids is 2. The van der Waals surface area contributed by atoms with Crippen LogP contribution in [-0.4, -0.2) is 36.8 Å². The fourth-order valence-electron chi connectivity index (χ4n) is 2.97. The molecule has 2 amide bonds. The van der Waals surface area contributed by atoms with Gasteiger partial charge in [0.2, 0.25) is 5.91 Å². The summed E-state index contributed by atoms with van der Waals surface area (Å²) in [7, 11) is 0. The molecule has 3 aromatic rings. The SMILES string of the molecule is CCC(C)(C)NC(=O)[C@@H](c1cccnc1)N(Cc1ccccc1)C(=O)c1csnn1. The molecule has 1 atom stereocenters. The average molecular weight is 424 g/mol. The Morgan fingerprint density at radius 1 is 1.17 bits per heavy atom. The predicted octanol–water partition coefficient (Wildman–Crippen LogP) is 3.62. The predicted molar refractivity (Wildman–Crippen MR) is 116 cm³/mol. The van der Waals surface area contributed by atoms with Crippen LogP contribution in [0.4, 0.5) is 0 Å². The van der Waals surface area contributed by atoms with Crippen LogP contribution >= 0.6 is 11.5 Å². The molecule has 1 N–H and O–H groups in total. The molecule has 0 radical (unpaired) electrons. The van der Waals surface area contributed by atoms with E-state index in [2.05, 4.69) is 19.9 Å². The van der Waals surface area contributed by atoms with E-state index in [4.69, 9.17) is 0 Å². The lowest BCUT2D eigenvalue weighted by atomic mass is 9.99. The van der Waals surface area contributed by atoms with Crippen molar-refractivity contribution in [3.05, 3.63) is 77.1 Å². The molecule has 30 heavy (non-hydrogen) atoms. The largest absolute Gasteiger partial charge is 0.349 e. The van der Waals surface area contributed by atoms with Crippen molar-refractivity contribution in [1.82, 2.24) is 24.8 Å². The normalized spacial score (nSPS) is 12.2. The number of hydrogen-bond donors (Lipinski definition) is 1. The first-order chi connectivity index (χ1) is 14.4. The van der Waals surface area contributed by atoms with Crippen molar-refractivity contribution in [2.24, 2.45) is 0 Å². The maximum Gasteiger partial charge on any atom is 0.276 e. The van der Waals surface area contributed by atoms with Crippen molar-refractivity contribution in [2.45, 2.75) is 45.3 Å². The lowest BCUT2D eigenvalue weighted by Crippen LogP contribution is -2.50. The molecule has 0 saturated heterocycles. The Kier molecular flexibility index (Phi) is 6.89. The van der Waals surface area contributed by atoms with E-state index in [9.17, 15) is 9.59 Å². The van der Waals surface area contributed by atoms with E-state index < -0.39 is 11.6 Å². The van der Waals surface area contributed by atoms with Gasteiger partial charge in [0.25, 0.3) is 5.91 Å². The number of carbonyl (C=O) groups is 2. The summed E-state index contributed by atoms with van der Waals surface area (Å²) in [6, 6.07) is 12.3. The van der Waals surface area contributed by atoms with Crippen LogP contribution in [0.5, 0.6) is 0 Å². The molecule has 0 spiro atoms. The van der Waals surface area contributed by atoms with Gasteiger partial charge in [-0.3, -0.25) is 14.6 Å². The molecule has 7 nitrogen and oxygen atoms in total. The van der Waals surface area contributed by atoms with E-state index in [-0.39, 0.29) is 24.1 Å². The fraction of sp³-hybridized carbons (Fsp3) is 0.318. The van der Waals surface area contributed by atoms with Gasteiger partial charge in [0, 0.05) is 35.4 Å². The smallest absolute Gasteiger partial charge is 0.276 e. The maximum atomic E-state index is 13.5. The van der Waals surface area contributed by atoms with E-state index in [0.29, 0.717) is 5.56 Å². The van der Waals surface area contributed by atoms with Gasteiger partial charge in [-0.25, -0.2) is 0 Å². The van der Waals surface area contributed by atoms with Crippen LogP contribution in [0.1, 0.15) is 54.8 Å². The van der Waals surface area contributed by atoms with Crippen molar-refractivity contribution in [3.63, 3.8) is 0 Å². The first-order valence-electron chi connectivity index (χ1n) is 9.75. The van der Waals surface area contributed by atoms with Crippen LogP contribution in [0.25, 0.3) is 0 Å². The van der Waals surface area contributed by atoms with E-state index in [1.54, 1.807) is 29.9 Å². The van der Waals surface area contributed by atoms with E-state index in [1.165, 1.54) is 4.90 Å². The third kappa shape index (κ3) is 5.27. The van der Waals surface area contributed by atoms with Crippen LogP contribution in [0.2, 0.25) is 0 Å². The lowest BCUT2D eigenvalue weighted by Gasteiger charge is -2.34. The number of nitrogens with one attached hydrogen (secondary N) is 1. The van der Waals surface area contributed by atoms with Crippen LogP contribution in [0, 0.1) is 0 Å². The van der Waals surface area contributed by atoms with Gasteiger partial charge in [0.15, 0.2) is 5.69 Å². The molecular formula is C22H25N5O2S. The molecule has 0 saturated carbocycles. The third-order valence-electron chi connectivity index (χ3n) is 4.94. The first-order valence-corrected chi connectivity index (χ1v) is 10.6. The minimum absolute atomic E-state index is 0.215. The summed E-state index contributed by atoms with van der Waals surface area (Å²) in [5.74, 6) is -0.617. The Morgan fingerprint density at radius 2 is 1.93 bits per heavy atom. The Labute approximate surface area is 180 Å². The van der Waals surface area contributed by atoms with Crippen LogP contribution < -0.4 is 5.32 Å². The van der Waals surface area contributed by atoms with Crippen molar-refractivity contribution < 1.29 is 9.59 Å². The number of rotatable bonds is 8. The van der Waals surface area contributed by atoms with E-state index >= 15 is 0 Å². The molecule has 2 aromatic heterocycles. The Hall–Kier alpha value is -3.13. The monoisotopic (exact) mass is 423 g/mol. The van der Waals surface area contributed by atoms with Crippen molar-refractivity contribution in [3.8, 4) is 0 Å². The van der Waals surface area contributed by atoms with Gasteiger partial charge in [-0.1, -0.05) is 47.8 Å². The number of benzene rings is 1. The summed E-state index contributed by atoms with van der Waals surface area (Å²) in [6.07, 6.45) is 4.01. The second-order valence-electron chi connectivity index (χ2n) is 7.62. The molecule has 0 unspecified atom stereocenters. The highest BCUT2D eigenvalue weighted by atomic mass is 32.1. The molecule has 0 aliphatic rings. The molecule has 0 aliphatic heterocycles. The molecule has 3 rings (SSSR count). The summed E-state index contributed by atoms with van der Waals surface area (Å²) in [5.41, 5.74) is 1.34. The summed E-state index contributed by atoms with van der Waals surface area (Å²) >= 11 is 1.10. The number of nitrogens with zero attached hydrogens (tertiary/aromatic N) is 4. The van der Waals surface area contributed by atoms with Crippen molar-refractivity contribution >= 4 is 23.3 Å². The summed E-state index contributed by atoms with van der Waals surface area (Å²) in [4.78, 5) is 32.6. The number of hydrogen-bond acceptors (Lipinski definition) is 6.